The maximum absolute atomic E-state index is 12.7. The Morgan fingerprint density at radius 1 is 1.28 bits per heavy atom. The van der Waals surface area contributed by atoms with E-state index in [1.807, 2.05) is 0 Å². The van der Waals surface area contributed by atoms with Crippen molar-refractivity contribution in [2.45, 2.75) is 19.2 Å². The number of nitrogens with two attached hydrogens (primary N) is 1. The Morgan fingerprint density at radius 2 is 1.94 bits per heavy atom. The number of alkyl halides is 3. The third-order valence-corrected chi connectivity index (χ3v) is 2.28. The Balaban J connectivity index is 2.73. The Bertz CT molecular complexity index is 369. The van der Waals surface area contributed by atoms with Crippen molar-refractivity contribution in [1.29, 1.82) is 0 Å². The van der Waals surface area contributed by atoms with E-state index in [1.54, 1.807) is 6.92 Å². The van der Waals surface area contributed by atoms with Crippen LogP contribution in [0.15, 0.2) is 24.3 Å². The molecular formula is C12H16F3NO2. The number of ether oxygens (including phenoxy) is 2. The van der Waals surface area contributed by atoms with Crippen LogP contribution in [0.2, 0.25) is 0 Å². The highest BCUT2D eigenvalue weighted by molar-refractivity contribution is 5.35. The molecule has 0 aromatic heterocycles. The molecule has 0 fully saturated rings. The van der Waals surface area contributed by atoms with Gasteiger partial charge in [-0.05, 0) is 19.1 Å². The number of rotatable bonds is 6. The summed E-state index contributed by atoms with van der Waals surface area (Å²) in [6.45, 7) is 2.41. The first-order valence-corrected chi connectivity index (χ1v) is 5.59. The maximum Gasteiger partial charge on any atom is 0.419 e. The molecule has 0 aliphatic heterocycles. The molecule has 0 heterocycles. The summed E-state index contributed by atoms with van der Waals surface area (Å²) in [5.74, 6) is -0.205. The monoisotopic (exact) mass is 263 g/mol. The molecule has 1 aromatic rings. The van der Waals surface area contributed by atoms with Gasteiger partial charge in [-0.3, -0.25) is 0 Å². The summed E-state index contributed by atoms with van der Waals surface area (Å²) in [6.07, 6.45) is -4.84. The summed E-state index contributed by atoms with van der Waals surface area (Å²) in [6, 6.07) is 5.07. The molecule has 1 unspecified atom stereocenters. The molecule has 0 saturated carbocycles. The molecule has 18 heavy (non-hydrogen) atoms. The zero-order valence-electron chi connectivity index (χ0n) is 10.0. The number of hydrogen-bond acceptors (Lipinski definition) is 3. The molecule has 1 aromatic carbocycles. The lowest BCUT2D eigenvalue weighted by Crippen LogP contribution is -2.30. The van der Waals surface area contributed by atoms with Crippen molar-refractivity contribution < 1.29 is 22.6 Å². The Hall–Kier alpha value is -1.27. The highest BCUT2D eigenvalue weighted by atomic mass is 19.4. The van der Waals surface area contributed by atoms with Crippen molar-refractivity contribution in [3.05, 3.63) is 29.8 Å². The van der Waals surface area contributed by atoms with Crippen molar-refractivity contribution in [2.24, 2.45) is 5.73 Å². The van der Waals surface area contributed by atoms with Gasteiger partial charge in [-0.25, -0.2) is 0 Å². The van der Waals surface area contributed by atoms with Gasteiger partial charge in [0.1, 0.15) is 18.5 Å². The van der Waals surface area contributed by atoms with E-state index in [9.17, 15) is 13.2 Å². The number of para-hydroxylation sites is 1. The van der Waals surface area contributed by atoms with Gasteiger partial charge in [-0.2, -0.15) is 13.2 Å². The zero-order valence-corrected chi connectivity index (χ0v) is 10.0. The summed E-state index contributed by atoms with van der Waals surface area (Å²) in [5.41, 5.74) is 4.63. The lowest BCUT2D eigenvalue weighted by molar-refractivity contribution is -0.139. The van der Waals surface area contributed by atoms with E-state index < -0.39 is 17.8 Å². The average molecular weight is 263 g/mol. The Labute approximate surface area is 104 Å². The van der Waals surface area contributed by atoms with Crippen molar-refractivity contribution in [3.63, 3.8) is 0 Å². The molecule has 0 aliphatic rings. The second kappa shape index (κ2) is 6.61. The minimum absolute atomic E-state index is 0.00255. The third-order valence-electron chi connectivity index (χ3n) is 2.28. The predicted octanol–water partition coefficient (Wildman–Crippen LogP) is 2.45. The van der Waals surface area contributed by atoms with E-state index in [0.29, 0.717) is 6.61 Å². The van der Waals surface area contributed by atoms with Crippen LogP contribution < -0.4 is 10.5 Å². The topological polar surface area (TPSA) is 44.5 Å². The van der Waals surface area contributed by atoms with Crippen LogP contribution in [0.5, 0.6) is 5.75 Å². The van der Waals surface area contributed by atoms with Gasteiger partial charge >= 0.3 is 6.18 Å². The molecule has 3 nitrogen and oxygen atoms in total. The summed E-state index contributed by atoms with van der Waals surface area (Å²) < 4.78 is 48.4. The van der Waals surface area contributed by atoms with Crippen molar-refractivity contribution in [2.75, 3.05) is 19.8 Å². The van der Waals surface area contributed by atoms with E-state index in [2.05, 4.69) is 0 Å². The van der Waals surface area contributed by atoms with Crippen LogP contribution in [0.4, 0.5) is 13.2 Å². The molecule has 0 radical (unpaired) electrons. The SMILES string of the molecule is CCOC(CN)COc1ccccc1C(F)(F)F. The first-order valence-electron chi connectivity index (χ1n) is 5.59. The smallest absolute Gasteiger partial charge is 0.419 e. The van der Waals surface area contributed by atoms with Crippen LogP contribution in [-0.2, 0) is 10.9 Å². The molecule has 6 heteroatoms. The fourth-order valence-electron chi connectivity index (χ4n) is 1.43. The largest absolute Gasteiger partial charge is 0.490 e. The Kier molecular flexibility index (Phi) is 5.43. The van der Waals surface area contributed by atoms with E-state index in [0.717, 1.165) is 6.07 Å². The first kappa shape index (κ1) is 14.8. The normalized spacial score (nSPS) is 13.4. The first-order chi connectivity index (χ1) is 8.49. The molecule has 0 saturated heterocycles. The molecule has 1 atom stereocenters. The minimum atomic E-state index is -4.43. The van der Waals surface area contributed by atoms with Gasteiger partial charge in [0.2, 0.25) is 0 Å². The van der Waals surface area contributed by atoms with Gasteiger partial charge in [0, 0.05) is 13.2 Å². The highest BCUT2D eigenvalue weighted by Crippen LogP contribution is 2.35. The second-order valence-corrected chi connectivity index (χ2v) is 3.62. The molecule has 0 aliphatic carbocycles. The van der Waals surface area contributed by atoms with Crippen molar-refractivity contribution in [1.82, 2.24) is 0 Å². The molecule has 1 rings (SSSR count). The molecule has 0 amide bonds. The van der Waals surface area contributed by atoms with E-state index in [4.69, 9.17) is 15.2 Å². The van der Waals surface area contributed by atoms with Crippen LogP contribution in [0.25, 0.3) is 0 Å². The van der Waals surface area contributed by atoms with E-state index in [1.165, 1.54) is 18.2 Å². The molecule has 0 spiro atoms. The van der Waals surface area contributed by atoms with Gasteiger partial charge in [0.25, 0.3) is 0 Å². The summed E-state index contributed by atoms with van der Waals surface area (Å²) >= 11 is 0. The minimum Gasteiger partial charge on any atom is -0.490 e. The number of benzene rings is 1. The predicted molar refractivity (Wildman–Crippen MR) is 61.4 cm³/mol. The lowest BCUT2D eigenvalue weighted by atomic mass is 10.2. The average Bonchev–Trinajstić information content (AvgIpc) is 2.33. The van der Waals surface area contributed by atoms with Gasteiger partial charge in [-0.1, -0.05) is 12.1 Å². The van der Waals surface area contributed by atoms with Gasteiger partial charge in [-0.15, -0.1) is 0 Å². The number of halogens is 3. The zero-order chi connectivity index (χ0) is 13.6. The standard InChI is InChI=1S/C12H16F3NO2/c1-2-17-9(7-16)8-18-11-6-4-3-5-10(11)12(13,14)15/h3-6,9H,2,7-8,16H2,1H3. The fraction of sp³-hybridized carbons (Fsp3) is 0.500. The summed E-state index contributed by atoms with van der Waals surface area (Å²) in [4.78, 5) is 0. The molecule has 0 bridgehead atoms. The van der Waals surface area contributed by atoms with Gasteiger partial charge in [0.15, 0.2) is 0 Å². The van der Waals surface area contributed by atoms with Gasteiger partial charge in [0.05, 0.1) is 5.56 Å². The second-order valence-electron chi connectivity index (χ2n) is 3.62. The van der Waals surface area contributed by atoms with Crippen LogP contribution in [0.3, 0.4) is 0 Å². The lowest BCUT2D eigenvalue weighted by Gasteiger charge is -2.18. The summed E-state index contributed by atoms with van der Waals surface area (Å²) in [7, 11) is 0. The van der Waals surface area contributed by atoms with Crippen LogP contribution in [-0.4, -0.2) is 25.9 Å². The maximum atomic E-state index is 12.7. The van der Waals surface area contributed by atoms with Crippen LogP contribution >= 0.6 is 0 Å². The quantitative estimate of drug-likeness (QED) is 0.857. The van der Waals surface area contributed by atoms with Crippen molar-refractivity contribution >= 4 is 0 Å². The molecule has 102 valence electrons. The van der Waals surface area contributed by atoms with Crippen LogP contribution in [0, 0.1) is 0 Å². The van der Waals surface area contributed by atoms with Crippen LogP contribution in [0.1, 0.15) is 12.5 Å². The third kappa shape index (κ3) is 4.19. The van der Waals surface area contributed by atoms with E-state index >= 15 is 0 Å². The fourth-order valence-corrected chi connectivity index (χ4v) is 1.43. The van der Waals surface area contributed by atoms with Gasteiger partial charge < -0.3 is 15.2 Å². The van der Waals surface area contributed by atoms with Crippen molar-refractivity contribution in [3.8, 4) is 5.75 Å². The number of hydrogen-bond donors (Lipinski definition) is 1. The molecule has 2 N–H and O–H groups in total. The molecular weight excluding hydrogens is 247 g/mol. The highest BCUT2D eigenvalue weighted by Gasteiger charge is 2.34. The van der Waals surface area contributed by atoms with E-state index in [-0.39, 0.29) is 18.9 Å². The summed E-state index contributed by atoms with van der Waals surface area (Å²) in [5, 5.41) is 0. The Morgan fingerprint density at radius 3 is 2.50 bits per heavy atom.